The summed E-state index contributed by atoms with van der Waals surface area (Å²) in [5.41, 5.74) is -1.63. The first-order valence-corrected chi connectivity index (χ1v) is 10.2. The van der Waals surface area contributed by atoms with Gasteiger partial charge in [-0.2, -0.15) is 13.2 Å². The predicted octanol–water partition coefficient (Wildman–Crippen LogP) is 6.57. The fraction of sp³-hybridized carbons (Fsp3) is 0.217. The van der Waals surface area contributed by atoms with Crippen molar-refractivity contribution in [2.45, 2.75) is 18.0 Å². The minimum Gasteiger partial charge on any atom is -0.394 e. The van der Waals surface area contributed by atoms with Crippen LogP contribution >= 0.6 is 23.2 Å². The van der Waals surface area contributed by atoms with Gasteiger partial charge in [-0.25, -0.2) is 0 Å². The number of alkyl halides is 3. The average Bonchev–Trinajstić information content (AvgIpc) is 3.22. The van der Waals surface area contributed by atoms with Gasteiger partial charge >= 0.3 is 6.18 Å². The number of carbonyl (C=O) groups is 1. The zero-order chi connectivity index (χ0) is 22.2. The van der Waals surface area contributed by atoms with E-state index < -0.39 is 17.5 Å². The van der Waals surface area contributed by atoms with Crippen LogP contribution in [0.15, 0.2) is 77.5 Å². The number of halogens is 5. The molecule has 1 heterocycles. The van der Waals surface area contributed by atoms with Crippen LogP contribution in [0.1, 0.15) is 22.3 Å². The maximum Gasteiger partial charge on any atom is 0.402 e. The van der Waals surface area contributed by atoms with E-state index in [0.29, 0.717) is 11.1 Å². The molecule has 0 amide bonds. The van der Waals surface area contributed by atoms with Crippen molar-refractivity contribution in [2.75, 3.05) is 6.61 Å². The lowest BCUT2D eigenvalue weighted by atomic mass is 9.71. The Balaban J connectivity index is 1.78. The Morgan fingerprint density at radius 3 is 2.42 bits per heavy atom. The van der Waals surface area contributed by atoms with Crippen molar-refractivity contribution in [3.05, 3.63) is 93.5 Å². The number of hydrogen-bond donors (Lipinski definition) is 0. The number of Topliss-reactive ketones (excluding diaryl/α,β-unsaturated/α-hetero) is 1. The van der Waals surface area contributed by atoms with Gasteiger partial charge in [0.25, 0.3) is 0 Å². The molecule has 160 valence electrons. The molecule has 0 radical (unpaired) electrons. The second-order valence-corrected chi connectivity index (χ2v) is 8.27. The van der Waals surface area contributed by atoms with Crippen LogP contribution in [-0.2, 0) is 10.3 Å². The van der Waals surface area contributed by atoms with Gasteiger partial charge in [0, 0.05) is 15.6 Å². The van der Waals surface area contributed by atoms with Gasteiger partial charge in [0.2, 0.25) is 5.78 Å². The van der Waals surface area contributed by atoms with E-state index in [1.165, 1.54) is 24.3 Å². The number of benzene rings is 2. The van der Waals surface area contributed by atoms with Gasteiger partial charge in [0.15, 0.2) is 0 Å². The molecule has 0 saturated carbocycles. The van der Waals surface area contributed by atoms with Crippen LogP contribution in [0.25, 0.3) is 0 Å². The van der Waals surface area contributed by atoms with E-state index >= 15 is 0 Å². The summed E-state index contributed by atoms with van der Waals surface area (Å²) < 4.78 is 43.3. The normalized spacial score (nSPS) is 23.2. The van der Waals surface area contributed by atoms with E-state index in [9.17, 15) is 18.0 Å². The number of ketones is 1. The minimum absolute atomic E-state index is 0.0195. The summed E-state index contributed by atoms with van der Waals surface area (Å²) in [4.78, 5) is 18.0. The number of rotatable bonds is 4. The zero-order valence-corrected chi connectivity index (χ0v) is 17.5. The van der Waals surface area contributed by atoms with Gasteiger partial charge in [-0.3, -0.25) is 4.79 Å². The lowest BCUT2D eigenvalue weighted by molar-refractivity contribution is -0.175. The first-order valence-electron chi connectivity index (χ1n) is 9.43. The predicted molar refractivity (Wildman–Crippen MR) is 114 cm³/mol. The highest BCUT2D eigenvalue weighted by atomic mass is 35.5. The molecule has 2 aromatic rings. The standard InChI is InChI=1S/C23H16Cl2F3NO2/c24-17-9-16(10-18(25)11-17)22(23(26,27)28)8-4-7-15(12-22)19-13-31-29-20(19)21(30)14-5-2-1-3-6-14/h1-7,9-12,19H,8,13H2. The molecule has 1 aliphatic carbocycles. The lowest BCUT2D eigenvalue weighted by Crippen LogP contribution is -2.42. The lowest BCUT2D eigenvalue weighted by Gasteiger charge is -2.36. The molecule has 8 heteroatoms. The molecule has 0 N–H and O–H groups in total. The third kappa shape index (κ3) is 4.02. The Bertz CT molecular complexity index is 1090. The molecule has 4 rings (SSSR count). The maximum absolute atomic E-state index is 14.4. The summed E-state index contributed by atoms with van der Waals surface area (Å²) in [6, 6.07) is 12.3. The van der Waals surface area contributed by atoms with Crippen molar-refractivity contribution >= 4 is 34.7 Å². The minimum atomic E-state index is -4.63. The van der Waals surface area contributed by atoms with Gasteiger partial charge in [-0.05, 0) is 35.8 Å². The Morgan fingerprint density at radius 2 is 1.77 bits per heavy atom. The smallest absolute Gasteiger partial charge is 0.394 e. The Kier molecular flexibility index (Phi) is 5.71. The Morgan fingerprint density at radius 1 is 1.10 bits per heavy atom. The summed E-state index contributed by atoms with van der Waals surface area (Å²) in [5, 5.41) is 4.07. The molecule has 3 nitrogen and oxygen atoms in total. The van der Waals surface area contributed by atoms with Crippen molar-refractivity contribution < 1.29 is 22.8 Å². The van der Waals surface area contributed by atoms with E-state index in [0.717, 1.165) is 6.08 Å². The quantitative estimate of drug-likeness (QED) is 0.479. The van der Waals surface area contributed by atoms with E-state index in [1.807, 2.05) is 0 Å². The van der Waals surface area contributed by atoms with Crippen LogP contribution in [-0.4, -0.2) is 24.3 Å². The summed E-state index contributed by atoms with van der Waals surface area (Å²) in [7, 11) is 0. The number of allylic oxidation sites excluding steroid dienone is 3. The van der Waals surface area contributed by atoms with Crippen molar-refractivity contribution in [3.63, 3.8) is 0 Å². The van der Waals surface area contributed by atoms with Crippen LogP contribution in [0.3, 0.4) is 0 Å². The molecule has 0 bridgehead atoms. The van der Waals surface area contributed by atoms with E-state index in [-0.39, 0.29) is 40.1 Å². The van der Waals surface area contributed by atoms with Gasteiger partial charge < -0.3 is 4.84 Å². The van der Waals surface area contributed by atoms with Crippen LogP contribution in [0, 0.1) is 5.92 Å². The topological polar surface area (TPSA) is 38.7 Å². The highest BCUT2D eigenvalue weighted by Gasteiger charge is 2.55. The summed E-state index contributed by atoms with van der Waals surface area (Å²) in [6.45, 7) is -0.0195. The molecule has 2 aliphatic rings. The van der Waals surface area contributed by atoms with Crippen LogP contribution in [0.5, 0.6) is 0 Å². The van der Waals surface area contributed by atoms with Crippen molar-refractivity contribution in [3.8, 4) is 0 Å². The van der Waals surface area contributed by atoms with E-state index in [2.05, 4.69) is 5.16 Å². The highest BCUT2D eigenvalue weighted by Crippen LogP contribution is 2.49. The zero-order valence-electron chi connectivity index (χ0n) is 16.0. The molecule has 0 saturated heterocycles. The van der Waals surface area contributed by atoms with Crippen LogP contribution < -0.4 is 0 Å². The van der Waals surface area contributed by atoms with Crippen molar-refractivity contribution in [1.29, 1.82) is 0 Å². The second-order valence-electron chi connectivity index (χ2n) is 7.40. The molecule has 0 spiro atoms. The maximum atomic E-state index is 14.4. The number of carbonyl (C=O) groups excluding carboxylic acids is 1. The van der Waals surface area contributed by atoms with Crippen LogP contribution in [0.2, 0.25) is 10.0 Å². The summed E-state index contributed by atoms with van der Waals surface area (Å²) in [6.07, 6.45) is -0.771. The summed E-state index contributed by atoms with van der Waals surface area (Å²) in [5.74, 6) is -1.10. The Labute approximate surface area is 186 Å². The van der Waals surface area contributed by atoms with E-state index in [1.54, 1.807) is 36.4 Å². The van der Waals surface area contributed by atoms with E-state index in [4.69, 9.17) is 28.0 Å². The number of hydrogen-bond acceptors (Lipinski definition) is 3. The molecule has 31 heavy (non-hydrogen) atoms. The third-order valence-electron chi connectivity index (χ3n) is 5.45. The van der Waals surface area contributed by atoms with Gasteiger partial charge in [-0.15, -0.1) is 0 Å². The van der Waals surface area contributed by atoms with Gasteiger partial charge in [-0.1, -0.05) is 76.9 Å². The molecular weight excluding hydrogens is 450 g/mol. The molecule has 2 atom stereocenters. The fourth-order valence-corrected chi connectivity index (χ4v) is 4.40. The molecule has 2 aromatic carbocycles. The highest BCUT2D eigenvalue weighted by molar-refractivity contribution is 6.47. The van der Waals surface area contributed by atoms with Crippen molar-refractivity contribution in [2.24, 2.45) is 11.1 Å². The molecular formula is C23H16Cl2F3NO2. The SMILES string of the molecule is O=C(C1=NOCC1C1=CC(c2cc(Cl)cc(Cl)c2)(C(F)(F)F)CC=C1)c1ccccc1. The third-order valence-corrected chi connectivity index (χ3v) is 5.89. The largest absolute Gasteiger partial charge is 0.402 e. The fourth-order valence-electron chi connectivity index (χ4n) is 3.88. The first-order chi connectivity index (χ1) is 14.7. The number of nitrogens with zero attached hydrogens (tertiary/aromatic N) is 1. The molecule has 0 aromatic heterocycles. The Hall–Kier alpha value is -2.57. The second kappa shape index (κ2) is 8.17. The molecule has 0 fully saturated rings. The molecule has 1 aliphatic heterocycles. The average molecular weight is 466 g/mol. The van der Waals surface area contributed by atoms with Crippen molar-refractivity contribution in [1.82, 2.24) is 0 Å². The monoisotopic (exact) mass is 465 g/mol. The first kappa shape index (κ1) is 21.7. The van der Waals surface area contributed by atoms with Gasteiger partial charge in [0.1, 0.15) is 17.7 Å². The molecule has 2 unspecified atom stereocenters. The van der Waals surface area contributed by atoms with Gasteiger partial charge in [0.05, 0.1) is 5.92 Å². The summed E-state index contributed by atoms with van der Waals surface area (Å²) >= 11 is 12.0. The van der Waals surface area contributed by atoms with Crippen LogP contribution in [0.4, 0.5) is 13.2 Å². The number of oxime groups is 1.